The number of ether oxygens (including phenoxy) is 3. The molecular weight excluding hydrogens is 366 g/mol. The predicted molar refractivity (Wildman–Crippen MR) is 99.3 cm³/mol. The van der Waals surface area contributed by atoms with Gasteiger partial charge < -0.3 is 19.5 Å². The Morgan fingerprint density at radius 2 is 1.61 bits per heavy atom. The van der Waals surface area contributed by atoms with Gasteiger partial charge >= 0.3 is 11.9 Å². The Morgan fingerprint density at radius 1 is 0.929 bits per heavy atom. The molecule has 0 aliphatic carbocycles. The van der Waals surface area contributed by atoms with Gasteiger partial charge in [-0.2, -0.15) is 0 Å². The first-order valence-corrected chi connectivity index (χ1v) is 8.42. The Hall–Kier alpha value is -3.68. The monoisotopic (exact) mass is 385 g/mol. The van der Waals surface area contributed by atoms with Gasteiger partial charge in [0.25, 0.3) is 5.91 Å². The summed E-state index contributed by atoms with van der Waals surface area (Å²) in [6.07, 6.45) is 0.695. The van der Waals surface area contributed by atoms with E-state index in [1.807, 2.05) is 0 Å². The first-order valence-electron chi connectivity index (χ1n) is 8.42. The molecule has 0 unspecified atom stereocenters. The second-order valence-corrected chi connectivity index (χ2v) is 5.48. The molecule has 0 aliphatic rings. The number of anilines is 1. The number of aldehydes is 1. The van der Waals surface area contributed by atoms with Crippen molar-refractivity contribution in [3.8, 4) is 5.75 Å². The zero-order valence-corrected chi connectivity index (χ0v) is 15.2. The van der Waals surface area contributed by atoms with Crippen LogP contribution in [0.3, 0.4) is 0 Å². The first kappa shape index (κ1) is 20.6. The summed E-state index contributed by atoms with van der Waals surface area (Å²) in [6.45, 7) is 1.13. The molecule has 1 N–H and O–H groups in total. The van der Waals surface area contributed by atoms with Gasteiger partial charge in [0.15, 0.2) is 13.2 Å². The molecule has 28 heavy (non-hydrogen) atoms. The van der Waals surface area contributed by atoms with Crippen molar-refractivity contribution in [2.24, 2.45) is 0 Å². The topological polar surface area (TPSA) is 108 Å². The summed E-state index contributed by atoms with van der Waals surface area (Å²) in [6, 6.07) is 12.3. The molecule has 0 aliphatic heterocycles. The fourth-order valence-corrected chi connectivity index (χ4v) is 2.07. The van der Waals surface area contributed by atoms with Crippen molar-refractivity contribution >= 4 is 29.8 Å². The first-order chi connectivity index (χ1) is 13.5. The number of hydrogen-bond donors (Lipinski definition) is 1. The lowest BCUT2D eigenvalue weighted by Gasteiger charge is -2.08. The largest absolute Gasteiger partial charge is 0.482 e. The zero-order chi connectivity index (χ0) is 20.4. The smallest absolute Gasteiger partial charge is 0.344 e. The Morgan fingerprint density at radius 3 is 2.21 bits per heavy atom. The van der Waals surface area contributed by atoms with Crippen molar-refractivity contribution in [2.75, 3.05) is 25.1 Å². The van der Waals surface area contributed by atoms with E-state index >= 15 is 0 Å². The van der Waals surface area contributed by atoms with Crippen LogP contribution in [0.2, 0.25) is 0 Å². The summed E-state index contributed by atoms with van der Waals surface area (Å²) in [5.41, 5.74) is 1.30. The molecule has 0 radical (unpaired) electrons. The molecule has 0 saturated heterocycles. The van der Waals surface area contributed by atoms with Gasteiger partial charge in [-0.05, 0) is 55.5 Å². The van der Waals surface area contributed by atoms with Gasteiger partial charge in [-0.3, -0.25) is 9.59 Å². The van der Waals surface area contributed by atoms with Crippen LogP contribution in [-0.2, 0) is 19.1 Å². The van der Waals surface area contributed by atoms with Gasteiger partial charge in [0.2, 0.25) is 0 Å². The minimum Gasteiger partial charge on any atom is -0.482 e. The molecule has 0 heterocycles. The number of nitrogens with one attached hydrogen (secondary N) is 1. The van der Waals surface area contributed by atoms with Crippen molar-refractivity contribution in [1.82, 2.24) is 0 Å². The van der Waals surface area contributed by atoms with E-state index in [-0.39, 0.29) is 13.2 Å². The molecule has 2 rings (SSSR count). The average Bonchev–Trinajstić information content (AvgIpc) is 2.71. The molecule has 0 saturated carbocycles. The summed E-state index contributed by atoms with van der Waals surface area (Å²) >= 11 is 0. The van der Waals surface area contributed by atoms with Gasteiger partial charge in [0.05, 0.1) is 12.2 Å². The van der Waals surface area contributed by atoms with Gasteiger partial charge in [-0.15, -0.1) is 0 Å². The fraction of sp³-hybridized carbons (Fsp3) is 0.200. The average molecular weight is 385 g/mol. The second-order valence-electron chi connectivity index (χ2n) is 5.48. The highest BCUT2D eigenvalue weighted by molar-refractivity contribution is 5.94. The lowest BCUT2D eigenvalue weighted by Crippen LogP contribution is -2.23. The molecule has 0 atom stereocenters. The molecule has 8 heteroatoms. The van der Waals surface area contributed by atoms with E-state index in [0.717, 1.165) is 0 Å². The minimum atomic E-state index is -0.715. The summed E-state index contributed by atoms with van der Waals surface area (Å²) in [4.78, 5) is 45.6. The van der Waals surface area contributed by atoms with E-state index in [0.29, 0.717) is 28.8 Å². The molecule has 8 nitrogen and oxygen atoms in total. The number of hydrogen-bond acceptors (Lipinski definition) is 7. The highest BCUT2D eigenvalue weighted by atomic mass is 16.6. The summed E-state index contributed by atoms with van der Waals surface area (Å²) in [7, 11) is 0. The molecule has 0 aromatic heterocycles. The Bertz CT molecular complexity index is 829. The molecule has 2 aromatic rings. The molecule has 0 bridgehead atoms. The fourth-order valence-electron chi connectivity index (χ4n) is 2.07. The molecule has 0 spiro atoms. The van der Waals surface area contributed by atoms with Gasteiger partial charge in [-0.1, -0.05) is 0 Å². The Balaban J connectivity index is 1.73. The van der Waals surface area contributed by atoms with Crippen molar-refractivity contribution in [2.45, 2.75) is 6.92 Å². The van der Waals surface area contributed by atoms with E-state index in [1.54, 1.807) is 31.2 Å². The van der Waals surface area contributed by atoms with Crippen LogP contribution in [0.25, 0.3) is 0 Å². The lowest BCUT2D eigenvalue weighted by atomic mass is 10.2. The van der Waals surface area contributed by atoms with Gasteiger partial charge in [0.1, 0.15) is 12.0 Å². The van der Waals surface area contributed by atoms with Crippen molar-refractivity contribution in [1.29, 1.82) is 0 Å². The van der Waals surface area contributed by atoms with Crippen LogP contribution < -0.4 is 10.1 Å². The molecule has 146 valence electrons. The molecule has 0 fully saturated rings. The summed E-state index contributed by atoms with van der Waals surface area (Å²) in [5.74, 6) is -1.30. The highest BCUT2D eigenvalue weighted by Gasteiger charge is 2.10. The highest BCUT2D eigenvalue weighted by Crippen LogP contribution is 2.12. The van der Waals surface area contributed by atoms with Gasteiger partial charge in [-0.25, -0.2) is 9.59 Å². The number of amides is 1. The number of carbonyl (C=O) groups excluding carboxylic acids is 4. The van der Waals surface area contributed by atoms with Crippen LogP contribution in [0.1, 0.15) is 27.6 Å². The van der Waals surface area contributed by atoms with Crippen LogP contribution in [0, 0.1) is 0 Å². The summed E-state index contributed by atoms with van der Waals surface area (Å²) in [5, 5.41) is 2.54. The SMILES string of the molecule is CCOC(=O)c1ccc(NC(=O)COC(=O)COc2ccc(C=O)cc2)cc1. The van der Waals surface area contributed by atoms with Crippen LogP contribution in [0.5, 0.6) is 5.75 Å². The van der Waals surface area contributed by atoms with E-state index in [2.05, 4.69) is 5.32 Å². The molecular formula is C20H19NO7. The normalized spacial score (nSPS) is 9.89. The molecule has 2 aromatic carbocycles. The second kappa shape index (κ2) is 10.5. The third-order valence-corrected chi connectivity index (χ3v) is 3.42. The van der Waals surface area contributed by atoms with Crippen LogP contribution in [0.4, 0.5) is 5.69 Å². The number of rotatable bonds is 9. The predicted octanol–water partition coefficient (Wildman–Crippen LogP) is 2.24. The van der Waals surface area contributed by atoms with E-state index < -0.39 is 24.5 Å². The maximum atomic E-state index is 11.8. The number of benzene rings is 2. The third kappa shape index (κ3) is 6.56. The van der Waals surface area contributed by atoms with Crippen molar-refractivity contribution in [3.05, 3.63) is 59.7 Å². The Kier molecular flexibility index (Phi) is 7.71. The van der Waals surface area contributed by atoms with Crippen LogP contribution in [0.15, 0.2) is 48.5 Å². The van der Waals surface area contributed by atoms with Gasteiger partial charge in [0, 0.05) is 11.3 Å². The quantitative estimate of drug-likeness (QED) is 0.521. The summed E-state index contributed by atoms with van der Waals surface area (Å²) < 4.78 is 14.9. The van der Waals surface area contributed by atoms with Crippen LogP contribution in [-0.4, -0.2) is 44.0 Å². The lowest BCUT2D eigenvalue weighted by molar-refractivity contribution is -0.149. The van der Waals surface area contributed by atoms with Crippen LogP contribution >= 0.6 is 0 Å². The minimum absolute atomic E-state index is 0.274. The number of esters is 2. The Labute approximate surface area is 161 Å². The van der Waals surface area contributed by atoms with E-state index in [4.69, 9.17) is 14.2 Å². The zero-order valence-electron chi connectivity index (χ0n) is 15.2. The van der Waals surface area contributed by atoms with E-state index in [9.17, 15) is 19.2 Å². The van der Waals surface area contributed by atoms with Crippen molar-refractivity contribution < 1.29 is 33.4 Å². The third-order valence-electron chi connectivity index (χ3n) is 3.42. The maximum absolute atomic E-state index is 11.8. The standard InChI is InChI=1S/C20H19NO7/c1-2-26-20(25)15-5-7-16(8-6-15)21-18(23)12-28-19(24)13-27-17-9-3-14(11-22)4-10-17/h3-11H,2,12-13H2,1H3,(H,21,23). The molecule has 1 amide bonds. The number of carbonyl (C=O) groups is 4. The van der Waals surface area contributed by atoms with E-state index in [1.165, 1.54) is 24.3 Å². The van der Waals surface area contributed by atoms with Crippen molar-refractivity contribution in [3.63, 3.8) is 0 Å². The maximum Gasteiger partial charge on any atom is 0.344 e.